The van der Waals surface area contributed by atoms with Crippen LogP contribution >= 0.6 is 0 Å². The molecule has 0 saturated heterocycles. The highest BCUT2D eigenvalue weighted by molar-refractivity contribution is 5.71. The number of carbonyl (C=O) groups is 1. The molecule has 0 aliphatic carbocycles. The second-order valence-corrected chi connectivity index (χ2v) is 3.03. The third kappa shape index (κ3) is 3.59. The lowest BCUT2D eigenvalue weighted by Gasteiger charge is -2.04. The molecule has 4 nitrogen and oxygen atoms in total. The summed E-state index contributed by atoms with van der Waals surface area (Å²) in [5.74, 6) is 5.02. The zero-order chi connectivity index (χ0) is 12.0. The fourth-order valence-electron chi connectivity index (χ4n) is 1.12. The Morgan fingerprint density at radius 3 is 2.88 bits per heavy atom. The Hall–Kier alpha value is -2.06. The van der Waals surface area contributed by atoms with Crippen molar-refractivity contribution in [3.05, 3.63) is 35.1 Å². The molecule has 1 rings (SSSR count). The molecule has 1 aromatic carbocycles. The molecule has 0 aliphatic rings. The summed E-state index contributed by atoms with van der Waals surface area (Å²) < 4.78 is 13.3. The van der Waals surface area contributed by atoms with Crippen molar-refractivity contribution in [2.75, 3.05) is 6.54 Å². The van der Waals surface area contributed by atoms with Gasteiger partial charge in [-0.1, -0.05) is 11.8 Å². The highest BCUT2D eigenvalue weighted by Gasteiger charge is 2.03. The largest absolute Gasteiger partial charge is 0.352 e. The minimum Gasteiger partial charge on any atom is -0.352 e. The van der Waals surface area contributed by atoms with E-state index in [-0.39, 0.29) is 13.1 Å². The van der Waals surface area contributed by atoms with E-state index in [1.54, 1.807) is 12.1 Å². The predicted molar refractivity (Wildman–Crippen MR) is 58.8 cm³/mol. The lowest BCUT2D eigenvalue weighted by Crippen LogP contribution is -2.29. The van der Waals surface area contributed by atoms with Gasteiger partial charge in [-0.05, 0) is 18.2 Å². The molecule has 84 valence electrons. The van der Waals surface area contributed by atoms with Gasteiger partial charge in [0.25, 0.3) is 0 Å². The van der Waals surface area contributed by atoms with Crippen LogP contribution in [0.15, 0.2) is 18.2 Å². The van der Waals surface area contributed by atoms with Crippen LogP contribution in [0.4, 0.5) is 9.18 Å². The van der Waals surface area contributed by atoms with Crippen LogP contribution in [-0.2, 0) is 6.54 Å². The standard InChI is InChI=1S/C11H12FN3O/c12-10-4-3-8(2-1-5-13)6-9(10)7-15-11(14)16/h3-4,6H,5,7,13H2,(H3,14,15,16). The van der Waals surface area contributed by atoms with E-state index in [0.29, 0.717) is 11.1 Å². The Kier molecular flexibility index (Phi) is 4.30. The highest BCUT2D eigenvalue weighted by Crippen LogP contribution is 2.09. The van der Waals surface area contributed by atoms with Gasteiger partial charge in [-0.15, -0.1) is 0 Å². The van der Waals surface area contributed by atoms with E-state index in [1.165, 1.54) is 6.07 Å². The van der Waals surface area contributed by atoms with Crippen LogP contribution in [0.5, 0.6) is 0 Å². The zero-order valence-electron chi connectivity index (χ0n) is 8.59. The SMILES string of the molecule is NCC#Cc1ccc(F)c(CNC(N)=O)c1. The van der Waals surface area contributed by atoms with Gasteiger partial charge in [0.05, 0.1) is 6.54 Å². The lowest BCUT2D eigenvalue weighted by molar-refractivity contribution is 0.248. The number of amides is 2. The minimum absolute atomic E-state index is 0.0410. The normalized spacial score (nSPS) is 9.12. The molecule has 16 heavy (non-hydrogen) atoms. The number of nitrogens with one attached hydrogen (secondary N) is 1. The molecule has 0 unspecified atom stereocenters. The second-order valence-electron chi connectivity index (χ2n) is 3.03. The van der Waals surface area contributed by atoms with Crippen molar-refractivity contribution >= 4 is 6.03 Å². The molecule has 0 saturated carbocycles. The summed E-state index contributed by atoms with van der Waals surface area (Å²) in [5, 5.41) is 2.31. The average molecular weight is 221 g/mol. The fourth-order valence-corrected chi connectivity index (χ4v) is 1.12. The van der Waals surface area contributed by atoms with Crippen LogP contribution in [0.1, 0.15) is 11.1 Å². The molecule has 0 bridgehead atoms. The number of halogens is 1. The van der Waals surface area contributed by atoms with Gasteiger partial charge in [-0.25, -0.2) is 9.18 Å². The van der Waals surface area contributed by atoms with E-state index >= 15 is 0 Å². The quantitative estimate of drug-likeness (QED) is 0.628. The van der Waals surface area contributed by atoms with E-state index in [9.17, 15) is 9.18 Å². The monoisotopic (exact) mass is 221 g/mol. The van der Waals surface area contributed by atoms with Crippen molar-refractivity contribution in [1.82, 2.24) is 5.32 Å². The Bertz CT molecular complexity index is 448. The number of benzene rings is 1. The first-order valence-electron chi connectivity index (χ1n) is 4.64. The second kappa shape index (κ2) is 5.73. The van der Waals surface area contributed by atoms with E-state index in [4.69, 9.17) is 11.5 Å². The predicted octanol–water partition coefficient (Wildman–Crippen LogP) is 0.304. The summed E-state index contributed by atoms with van der Waals surface area (Å²) in [5.41, 5.74) is 11.1. The first-order valence-corrected chi connectivity index (χ1v) is 4.64. The van der Waals surface area contributed by atoms with Crippen molar-refractivity contribution in [3.63, 3.8) is 0 Å². The van der Waals surface area contributed by atoms with Crippen LogP contribution in [-0.4, -0.2) is 12.6 Å². The van der Waals surface area contributed by atoms with Gasteiger partial charge in [0, 0.05) is 17.7 Å². The molecule has 0 spiro atoms. The van der Waals surface area contributed by atoms with E-state index < -0.39 is 11.8 Å². The number of urea groups is 1. The number of hydrogen-bond donors (Lipinski definition) is 3. The third-order valence-electron chi connectivity index (χ3n) is 1.83. The van der Waals surface area contributed by atoms with Crippen LogP contribution in [0.3, 0.4) is 0 Å². The molecule has 0 heterocycles. The van der Waals surface area contributed by atoms with Crippen molar-refractivity contribution in [3.8, 4) is 11.8 Å². The van der Waals surface area contributed by atoms with Crippen molar-refractivity contribution in [1.29, 1.82) is 0 Å². The molecule has 5 heteroatoms. The van der Waals surface area contributed by atoms with E-state index in [0.717, 1.165) is 0 Å². The van der Waals surface area contributed by atoms with Gasteiger partial charge < -0.3 is 16.8 Å². The molecule has 1 aromatic rings. The van der Waals surface area contributed by atoms with Crippen molar-refractivity contribution in [2.24, 2.45) is 11.5 Å². The van der Waals surface area contributed by atoms with Gasteiger partial charge in [0.15, 0.2) is 0 Å². The van der Waals surface area contributed by atoms with Crippen LogP contribution in [0.2, 0.25) is 0 Å². The maximum atomic E-state index is 13.3. The maximum absolute atomic E-state index is 13.3. The molecule has 0 radical (unpaired) electrons. The number of nitrogens with two attached hydrogens (primary N) is 2. The summed E-state index contributed by atoms with van der Waals surface area (Å²) in [7, 11) is 0. The fraction of sp³-hybridized carbons (Fsp3) is 0.182. The Labute approximate surface area is 92.8 Å². The molecular formula is C11H12FN3O. The van der Waals surface area contributed by atoms with Gasteiger partial charge in [0.2, 0.25) is 0 Å². The molecule has 0 aliphatic heterocycles. The molecule has 0 aromatic heterocycles. The maximum Gasteiger partial charge on any atom is 0.312 e. The number of carbonyl (C=O) groups excluding carboxylic acids is 1. The van der Waals surface area contributed by atoms with E-state index in [2.05, 4.69) is 17.2 Å². The Balaban J connectivity index is 2.86. The molecule has 5 N–H and O–H groups in total. The number of rotatable bonds is 2. The summed E-state index contributed by atoms with van der Waals surface area (Å²) in [6, 6.07) is 3.69. The van der Waals surface area contributed by atoms with Crippen LogP contribution in [0.25, 0.3) is 0 Å². The summed E-state index contributed by atoms with van der Waals surface area (Å²) in [6.45, 7) is 0.283. The minimum atomic E-state index is -0.696. The molecule has 0 fully saturated rings. The third-order valence-corrected chi connectivity index (χ3v) is 1.83. The molecular weight excluding hydrogens is 209 g/mol. The van der Waals surface area contributed by atoms with Crippen molar-refractivity contribution in [2.45, 2.75) is 6.54 Å². The van der Waals surface area contributed by atoms with E-state index in [1.807, 2.05) is 0 Å². The van der Waals surface area contributed by atoms with Crippen molar-refractivity contribution < 1.29 is 9.18 Å². The average Bonchev–Trinajstić information content (AvgIpc) is 2.26. The summed E-state index contributed by atoms with van der Waals surface area (Å²) >= 11 is 0. The Morgan fingerprint density at radius 2 is 2.25 bits per heavy atom. The number of hydrogen-bond acceptors (Lipinski definition) is 2. The first kappa shape index (κ1) is 12.0. The molecule has 0 atom stereocenters. The lowest BCUT2D eigenvalue weighted by atomic mass is 10.1. The highest BCUT2D eigenvalue weighted by atomic mass is 19.1. The van der Waals surface area contributed by atoms with Crippen LogP contribution in [0, 0.1) is 17.7 Å². The smallest absolute Gasteiger partial charge is 0.312 e. The van der Waals surface area contributed by atoms with Crippen LogP contribution < -0.4 is 16.8 Å². The van der Waals surface area contributed by atoms with Gasteiger partial charge >= 0.3 is 6.03 Å². The Morgan fingerprint density at radius 1 is 1.50 bits per heavy atom. The van der Waals surface area contributed by atoms with Gasteiger partial charge in [-0.2, -0.15) is 0 Å². The van der Waals surface area contributed by atoms with Gasteiger partial charge in [-0.3, -0.25) is 0 Å². The van der Waals surface area contributed by atoms with Gasteiger partial charge in [0.1, 0.15) is 5.82 Å². The zero-order valence-corrected chi connectivity index (χ0v) is 8.59. The molecule has 2 amide bonds. The summed E-state index contributed by atoms with van der Waals surface area (Å²) in [6.07, 6.45) is 0. The summed E-state index contributed by atoms with van der Waals surface area (Å²) in [4.78, 5) is 10.5. The number of primary amides is 1. The topological polar surface area (TPSA) is 81.1 Å². The first-order chi connectivity index (χ1) is 7.63.